The van der Waals surface area contributed by atoms with Gasteiger partial charge in [-0.15, -0.1) is 11.3 Å². The van der Waals surface area contributed by atoms with Gasteiger partial charge in [0.05, 0.1) is 12.1 Å². The zero-order valence-corrected chi connectivity index (χ0v) is 13.3. The number of carbonyl (C=O) groups is 3. The highest BCUT2D eigenvalue weighted by Crippen LogP contribution is 2.23. The van der Waals surface area contributed by atoms with Gasteiger partial charge in [-0.25, -0.2) is 0 Å². The first-order valence-corrected chi connectivity index (χ1v) is 8.29. The first-order valence-electron chi connectivity index (χ1n) is 7.41. The minimum atomic E-state index is -0.171. The molecule has 0 aliphatic carbocycles. The van der Waals surface area contributed by atoms with E-state index in [0.29, 0.717) is 37.1 Å². The van der Waals surface area contributed by atoms with Crippen LogP contribution >= 0.6 is 11.3 Å². The van der Waals surface area contributed by atoms with Crippen LogP contribution in [0.3, 0.4) is 0 Å². The molecule has 0 saturated carbocycles. The van der Waals surface area contributed by atoms with Crippen molar-refractivity contribution in [1.29, 1.82) is 0 Å². The number of benzene rings is 1. The van der Waals surface area contributed by atoms with Gasteiger partial charge in [0.2, 0.25) is 17.7 Å². The third kappa shape index (κ3) is 3.65. The van der Waals surface area contributed by atoms with E-state index in [0.717, 1.165) is 4.88 Å². The van der Waals surface area contributed by atoms with Crippen LogP contribution < -0.4 is 10.2 Å². The summed E-state index contributed by atoms with van der Waals surface area (Å²) in [5.41, 5.74) is 1.20. The van der Waals surface area contributed by atoms with E-state index in [1.54, 1.807) is 35.6 Å². The number of nitrogens with zero attached hydrogens (tertiary/aromatic N) is 1. The highest BCUT2D eigenvalue weighted by molar-refractivity contribution is 7.10. The van der Waals surface area contributed by atoms with Crippen LogP contribution in [0.2, 0.25) is 0 Å². The van der Waals surface area contributed by atoms with Gasteiger partial charge in [-0.05, 0) is 42.1 Å². The van der Waals surface area contributed by atoms with Crippen LogP contribution in [-0.2, 0) is 20.8 Å². The van der Waals surface area contributed by atoms with Crippen molar-refractivity contribution in [2.75, 3.05) is 10.2 Å². The van der Waals surface area contributed by atoms with Crippen LogP contribution in [0.1, 0.15) is 24.1 Å². The van der Waals surface area contributed by atoms with E-state index in [-0.39, 0.29) is 17.7 Å². The third-order valence-corrected chi connectivity index (χ3v) is 4.48. The summed E-state index contributed by atoms with van der Waals surface area (Å²) in [7, 11) is 0. The van der Waals surface area contributed by atoms with Gasteiger partial charge in [0.1, 0.15) is 0 Å². The average molecular weight is 328 g/mol. The molecule has 1 N–H and O–H groups in total. The van der Waals surface area contributed by atoms with Crippen molar-refractivity contribution in [2.45, 2.75) is 25.7 Å². The standard InChI is InChI=1S/C17H16N2O3S/c20-15(11-14-3-2-10-23-14)18-12-6-8-13(9-7-12)19-16(21)4-1-5-17(19)22/h2-3,6-10H,1,4-5,11H2,(H,18,20). The SMILES string of the molecule is O=C(Cc1cccs1)Nc1ccc(N2C(=O)CCCC2=O)cc1. The lowest BCUT2D eigenvalue weighted by Gasteiger charge is -2.24. The third-order valence-electron chi connectivity index (χ3n) is 3.60. The second-order valence-electron chi connectivity index (χ2n) is 5.33. The van der Waals surface area contributed by atoms with Crippen LogP contribution in [-0.4, -0.2) is 17.7 Å². The first kappa shape index (κ1) is 15.4. The molecule has 2 heterocycles. The number of hydrogen-bond acceptors (Lipinski definition) is 4. The molecular weight excluding hydrogens is 312 g/mol. The maximum atomic E-state index is 11.9. The van der Waals surface area contributed by atoms with Gasteiger partial charge < -0.3 is 5.32 Å². The Labute approximate surface area is 137 Å². The second-order valence-corrected chi connectivity index (χ2v) is 6.36. The summed E-state index contributed by atoms with van der Waals surface area (Å²) in [5, 5.41) is 4.75. The normalized spacial score (nSPS) is 14.9. The maximum Gasteiger partial charge on any atom is 0.233 e. The van der Waals surface area contributed by atoms with Crippen LogP contribution in [0.15, 0.2) is 41.8 Å². The molecule has 2 aromatic rings. The van der Waals surface area contributed by atoms with Crippen molar-refractivity contribution in [3.8, 4) is 0 Å². The molecule has 5 nitrogen and oxygen atoms in total. The van der Waals surface area contributed by atoms with E-state index in [2.05, 4.69) is 5.32 Å². The Balaban J connectivity index is 1.66. The molecule has 23 heavy (non-hydrogen) atoms. The quantitative estimate of drug-likeness (QED) is 0.878. The van der Waals surface area contributed by atoms with Gasteiger partial charge in [-0.3, -0.25) is 19.3 Å². The van der Waals surface area contributed by atoms with Crippen molar-refractivity contribution in [2.24, 2.45) is 0 Å². The van der Waals surface area contributed by atoms with Gasteiger partial charge in [0.25, 0.3) is 0 Å². The zero-order chi connectivity index (χ0) is 16.2. The van der Waals surface area contributed by atoms with Crippen molar-refractivity contribution >= 4 is 40.4 Å². The molecule has 1 fully saturated rings. The Morgan fingerprint density at radius 3 is 2.39 bits per heavy atom. The highest BCUT2D eigenvalue weighted by atomic mass is 32.1. The topological polar surface area (TPSA) is 66.5 Å². The predicted molar refractivity (Wildman–Crippen MR) is 89.4 cm³/mol. The predicted octanol–water partition coefficient (Wildman–Crippen LogP) is 2.97. The zero-order valence-electron chi connectivity index (χ0n) is 12.5. The Hall–Kier alpha value is -2.47. The molecule has 1 aromatic heterocycles. The number of amides is 3. The Morgan fingerprint density at radius 1 is 1.09 bits per heavy atom. The van der Waals surface area contributed by atoms with E-state index < -0.39 is 0 Å². The van der Waals surface area contributed by atoms with Crippen LogP contribution in [0.5, 0.6) is 0 Å². The number of imide groups is 1. The summed E-state index contributed by atoms with van der Waals surface area (Å²) in [5.74, 6) is -0.434. The fraction of sp³-hybridized carbons (Fsp3) is 0.235. The molecule has 1 aliphatic heterocycles. The number of carbonyl (C=O) groups excluding carboxylic acids is 3. The lowest BCUT2D eigenvalue weighted by atomic mass is 10.1. The molecule has 118 valence electrons. The van der Waals surface area contributed by atoms with Gasteiger partial charge in [0, 0.05) is 23.4 Å². The molecule has 0 radical (unpaired) electrons. The summed E-state index contributed by atoms with van der Waals surface area (Å²) < 4.78 is 0. The highest BCUT2D eigenvalue weighted by Gasteiger charge is 2.27. The summed E-state index contributed by atoms with van der Waals surface area (Å²) in [6.45, 7) is 0. The lowest BCUT2D eigenvalue weighted by molar-refractivity contribution is -0.129. The molecule has 0 spiro atoms. The Bertz CT molecular complexity index is 707. The summed E-state index contributed by atoms with van der Waals surface area (Å²) in [6, 6.07) is 10.6. The fourth-order valence-electron chi connectivity index (χ4n) is 2.51. The number of hydrogen-bond donors (Lipinski definition) is 1. The van der Waals surface area contributed by atoms with Crippen molar-refractivity contribution in [3.05, 3.63) is 46.7 Å². The van der Waals surface area contributed by atoms with Crippen LogP contribution in [0.4, 0.5) is 11.4 Å². The Morgan fingerprint density at radius 2 is 1.78 bits per heavy atom. The van der Waals surface area contributed by atoms with Crippen molar-refractivity contribution < 1.29 is 14.4 Å². The number of thiophene rings is 1. The van der Waals surface area contributed by atoms with E-state index in [1.807, 2.05) is 17.5 Å². The molecule has 1 aliphatic rings. The largest absolute Gasteiger partial charge is 0.326 e. The number of piperidine rings is 1. The van der Waals surface area contributed by atoms with Crippen LogP contribution in [0.25, 0.3) is 0 Å². The number of rotatable bonds is 4. The molecule has 0 atom stereocenters. The van der Waals surface area contributed by atoms with E-state index >= 15 is 0 Å². The molecule has 0 bridgehead atoms. The maximum absolute atomic E-state index is 11.9. The van der Waals surface area contributed by atoms with Gasteiger partial charge in [-0.1, -0.05) is 6.07 Å². The molecule has 1 aromatic carbocycles. The number of anilines is 2. The van der Waals surface area contributed by atoms with Crippen molar-refractivity contribution in [1.82, 2.24) is 0 Å². The lowest BCUT2D eigenvalue weighted by Crippen LogP contribution is -2.40. The minimum Gasteiger partial charge on any atom is -0.326 e. The van der Waals surface area contributed by atoms with E-state index in [4.69, 9.17) is 0 Å². The van der Waals surface area contributed by atoms with E-state index in [9.17, 15) is 14.4 Å². The first-order chi connectivity index (χ1) is 11.1. The molecule has 6 heteroatoms. The van der Waals surface area contributed by atoms with Crippen LogP contribution in [0, 0.1) is 0 Å². The fourth-order valence-corrected chi connectivity index (χ4v) is 3.22. The van der Waals surface area contributed by atoms with Gasteiger partial charge in [-0.2, -0.15) is 0 Å². The average Bonchev–Trinajstić information content (AvgIpc) is 3.01. The second kappa shape index (κ2) is 6.75. The van der Waals surface area contributed by atoms with Gasteiger partial charge >= 0.3 is 0 Å². The molecule has 1 saturated heterocycles. The van der Waals surface area contributed by atoms with Gasteiger partial charge in [0.15, 0.2) is 0 Å². The van der Waals surface area contributed by atoms with E-state index in [1.165, 1.54) is 4.90 Å². The minimum absolute atomic E-state index is 0.0923. The summed E-state index contributed by atoms with van der Waals surface area (Å²) in [4.78, 5) is 37.9. The monoisotopic (exact) mass is 328 g/mol. The molecular formula is C17H16N2O3S. The summed E-state index contributed by atoms with van der Waals surface area (Å²) >= 11 is 1.54. The molecule has 0 unspecified atom stereocenters. The Kier molecular flexibility index (Phi) is 4.52. The molecule has 3 amide bonds. The smallest absolute Gasteiger partial charge is 0.233 e. The summed E-state index contributed by atoms with van der Waals surface area (Å²) in [6.07, 6.45) is 1.74. The van der Waals surface area contributed by atoms with Crippen molar-refractivity contribution in [3.63, 3.8) is 0 Å². The number of nitrogens with one attached hydrogen (secondary N) is 1. The molecule has 3 rings (SSSR count).